The minimum Gasteiger partial charge on any atom is -0.512 e. The van der Waals surface area contributed by atoms with Crippen LogP contribution in [0.4, 0.5) is 4.39 Å². The molecule has 0 bridgehead atoms. The van der Waals surface area contributed by atoms with Gasteiger partial charge in [0.25, 0.3) is 0 Å². The average Bonchev–Trinajstić information content (AvgIpc) is 2.53. The molecule has 0 aliphatic rings. The fourth-order valence-electron chi connectivity index (χ4n) is 2.84. The Kier molecular flexibility index (Phi) is 8.67. The number of aliphatic hydroxyl groups is 1. The maximum absolute atomic E-state index is 13.4. The average molecular weight is 557 g/mol. The van der Waals surface area contributed by atoms with Gasteiger partial charge in [-0.25, -0.2) is 4.39 Å². The molecule has 2 aromatic carbocycles. The van der Waals surface area contributed by atoms with Crippen LogP contribution >= 0.6 is 0 Å². The molecule has 1 heterocycles. The van der Waals surface area contributed by atoms with E-state index in [4.69, 9.17) is 5.11 Å². The van der Waals surface area contributed by atoms with Crippen LogP contribution in [-0.2, 0) is 24.9 Å². The van der Waals surface area contributed by atoms with Gasteiger partial charge in [-0.1, -0.05) is 25.5 Å². The van der Waals surface area contributed by atoms with E-state index in [1.54, 1.807) is 6.07 Å². The van der Waals surface area contributed by atoms with E-state index in [-0.39, 0.29) is 37.5 Å². The van der Waals surface area contributed by atoms with Gasteiger partial charge in [0.1, 0.15) is 5.82 Å². The van der Waals surface area contributed by atoms with E-state index in [9.17, 15) is 9.18 Å². The molecule has 28 heavy (non-hydrogen) atoms. The number of ketones is 1. The van der Waals surface area contributed by atoms with E-state index in [0.717, 1.165) is 27.8 Å². The summed E-state index contributed by atoms with van der Waals surface area (Å²) in [5.41, 5.74) is 5.85. The predicted molar refractivity (Wildman–Crippen MR) is 107 cm³/mol. The number of fused-ring (bicyclic) bond motifs is 1. The van der Waals surface area contributed by atoms with Gasteiger partial charge < -0.3 is 5.11 Å². The molecule has 0 saturated heterocycles. The molecule has 0 spiro atoms. The molecule has 1 radical (unpaired) electrons. The van der Waals surface area contributed by atoms with E-state index in [0.29, 0.717) is 5.52 Å². The van der Waals surface area contributed by atoms with Gasteiger partial charge in [-0.15, -0.1) is 34.9 Å². The van der Waals surface area contributed by atoms with E-state index in [1.165, 1.54) is 37.6 Å². The fraction of sp³-hybridized carbons (Fsp3) is 0.217. The fourth-order valence-corrected chi connectivity index (χ4v) is 2.84. The molecule has 0 fully saturated rings. The standard InChI is InChI=1S/C18H15FN.C5H8O2.Ir/c1-11-6-12(2)8-15(7-11)18-13(3)9-14-4-5-16(19)10-17(14)20-18;1-4(6)3-5(2)7;/h4-7,9-10H,1-3H3;3,6H,1-2H3;/q-1;;/b;4-3-;. The first kappa shape index (κ1) is 23.7. The van der Waals surface area contributed by atoms with Crippen LogP contribution in [0.3, 0.4) is 0 Å². The van der Waals surface area contributed by atoms with Crippen LogP contribution in [-0.4, -0.2) is 15.9 Å². The van der Waals surface area contributed by atoms with Crippen molar-refractivity contribution in [3.05, 3.63) is 76.8 Å². The molecule has 0 atom stereocenters. The molecule has 3 aromatic rings. The largest absolute Gasteiger partial charge is 0.512 e. The van der Waals surface area contributed by atoms with Crippen molar-refractivity contribution in [2.75, 3.05) is 0 Å². The third-order valence-corrected chi connectivity index (χ3v) is 3.79. The van der Waals surface area contributed by atoms with Crippen LogP contribution in [0.5, 0.6) is 0 Å². The Bertz CT molecular complexity index is 1000. The van der Waals surface area contributed by atoms with Crippen molar-refractivity contribution in [2.45, 2.75) is 34.6 Å². The molecule has 1 aromatic heterocycles. The number of halogens is 1. The zero-order valence-electron chi connectivity index (χ0n) is 16.6. The smallest absolute Gasteiger partial charge is 0.155 e. The normalized spacial score (nSPS) is 10.7. The van der Waals surface area contributed by atoms with Crippen LogP contribution < -0.4 is 0 Å². The van der Waals surface area contributed by atoms with Gasteiger partial charge in [-0.3, -0.25) is 9.78 Å². The molecule has 0 aliphatic heterocycles. The molecule has 3 rings (SSSR count). The van der Waals surface area contributed by atoms with Crippen molar-refractivity contribution in [1.29, 1.82) is 0 Å². The first-order valence-corrected chi connectivity index (χ1v) is 8.61. The second kappa shape index (κ2) is 10.3. The molecule has 0 aliphatic carbocycles. The second-order valence-corrected chi connectivity index (χ2v) is 6.64. The van der Waals surface area contributed by atoms with Gasteiger partial charge in [0.05, 0.1) is 11.3 Å². The third kappa shape index (κ3) is 6.66. The van der Waals surface area contributed by atoms with Gasteiger partial charge in [-0.05, 0) is 50.1 Å². The molecule has 149 valence electrons. The summed E-state index contributed by atoms with van der Waals surface area (Å²) in [5, 5.41) is 9.32. The Morgan fingerprint density at radius 3 is 2.32 bits per heavy atom. The maximum Gasteiger partial charge on any atom is 0.155 e. The summed E-state index contributed by atoms with van der Waals surface area (Å²) < 4.78 is 13.4. The Balaban J connectivity index is 0.000000425. The molecule has 5 heteroatoms. The zero-order valence-corrected chi connectivity index (χ0v) is 19.0. The van der Waals surface area contributed by atoms with Crippen molar-refractivity contribution < 1.29 is 34.4 Å². The van der Waals surface area contributed by atoms with Crippen molar-refractivity contribution in [3.8, 4) is 11.3 Å². The number of allylic oxidation sites excluding steroid dienone is 2. The summed E-state index contributed by atoms with van der Waals surface area (Å²) in [5.74, 6) is -0.322. The summed E-state index contributed by atoms with van der Waals surface area (Å²) in [7, 11) is 0. The number of hydrogen-bond acceptors (Lipinski definition) is 3. The predicted octanol–water partition coefficient (Wildman–Crippen LogP) is 5.80. The SMILES string of the molecule is CC(=O)/C=C(/C)O.Cc1[c-]c(-c2nc3cc(F)ccc3cc2C)cc(C)c1.[Ir]. The number of hydrogen-bond donors (Lipinski definition) is 1. The third-order valence-electron chi connectivity index (χ3n) is 3.79. The summed E-state index contributed by atoms with van der Waals surface area (Å²) in [4.78, 5) is 14.6. The molecular formula is C23H23FIrNO2-. The molecular weight excluding hydrogens is 533 g/mol. The maximum atomic E-state index is 13.4. The number of benzene rings is 2. The Labute approximate surface area is 178 Å². The van der Waals surface area contributed by atoms with Crippen LogP contribution in [0.25, 0.3) is 22.2 Å². The molecule has 1 N–H and O–H groups in total. The Hall–Kier alpha value is -2.36. The van der Waals surface area contributed by atoms with Crippen LogP contribution in [0.2, 0.25) is 0 Å². The van der Waals surface area contributed by atoms with Gasteiger partial charge in [0, 0.05) is 26.2 Å². The molecule has 3 nitrogen and oxygen atoms in total. The van der Waals surface area contributed by atoms with E-state index < -0.39 is 0 Å². The second-order valence-electron chi connectivity index (χ2n) is 6.64. The quantitative estimate of drug-likeness (QED) is 0.247. The van der Waals surface area contributed by atoms with Crippen LogP contribution in [0, 0.1) is 32.7 Å². The molecule has 0 saturated carbocycles. The van der Waals surface area contributed by atoms with Gasteiger partial charge >= 0.3 is 0 Å². The minimum absolute atomic E-state index is 0. The number of carbonyl (C=O) groups is 1. The first-order chi connectivity index (χ1) is 12.7. The number of aliphatic hydroxyl groups excluding tert-OH is 1. The van der Waals surface area contributed by atoms with E-state index >= 15 is 0 Å². The van der Waals surface area contributed by atoms with Crippen LogP contribution in [0.15, 0.2) is 48.2 Å². The Morgan fingerprint density at radius 2 is 1.79 bits per heavy atom. The number of aryl methyl sites for hydroxylation is 3. The zero-order chi connectivity index (χ0) is 20.1. The summed E-state index contributed by atoms with van der Waals surface area (Å²) in [6, 6.07) is 14.2. The van der Waals surface area contributed by atoms with Gasteiger partial charge in [0.2, 0.25) is 0 Å². The summed E-state index contributed by atoms with van der Waals surface area (Å²) in [6.07, 6.45) is 1.17. The number of aromatic nitrogens is 1. The first-order valence-electron chi connectivity index (χ1n) is 8.61. The number of nitrogens with zero attached hydrogens (tertiary/aromatic N) is 1. The van der Waals surface area contributed by atoms with Crippen molar-refractivity contribution in [3.63, 3.8) is 0 Å². The van der Waals surface area contributed by atoms with E-state index in [2.05, 4.69) is 30.1 Å². The Morgan fingerprint density at radius 1 is 1.11 bits per heavy atom. The van der Waals surface area contributed by atoms with E-state index in [1.807, 2.05) is 19.9 Å². The van der Waals surface area contributed by atoms with Gasteiger partial charge in [-0.2, -0.15) is 0 Å². The number of rotatable bonds is 2. The molecule has 0 amide bonds. The van der Waals surface area contributed by atoms with Crippen molar-refractivity contribution in [1.82, 2.24) is 4.98 Å². The van der Waals surface area contributed by atoms with Gasteiger partial charge in [0.15, 0.2) is 5.78 Å². The minimum atomic E-state index is -0.260. The monoisotopic (exact) mass is 557 g/mol. The molecule has 0 unspecified atom stereocenters. The summed E-state index contributed by atoms with van der Waals surface area (Å²) >= 11 is 0. The number of pyridine rings is 1. The summed E-state index contributed by atoms with van der Waals surface area (Å²) in [6.45, 7) is 8.95. The number of carbonyl (C=O) groups excluding carboxylic acids is 1. The van der Waals surface area contributed by atoms with Crippen LogP contribution in [0.1, 0.15) is 30.5 Å². The van der Waals surface area contributed by atoms with Crippen molar-refractivity contribution in [2.24, 2.45) is 0 Å². The topological polar surface area (TPSA) is 50.2 Å². The van der Waals surface area contributed by atoms with Crippen molar-refractivity contribution >= 4 is 16.7 Å².